The summed E-state index contributed by atoms with van der Waals surface area (Å²) in [6.45, 7) is 0. The molecule has 2 heteroatoms. The number of aryl methyl sites for hydroxylation is 1. The number of benzene rings is 1. The summed E-state index contributed by atoms with van der Waals surface area (Å²) in [5, 5.41) is 10.9. The summed E-state index contributed by atoms with van der Waals surface area (Å²) in [7, 11) is 0. The van der Waals surface area contributed by atoms with E-state index in [-0.39, 0.29) is 0 Å². The highest BCUT2D eigenvalue weighted by atomic mass is 15.2. The molecule has 0 saturated heterocycles. The van der Waals surface area contributed by atoms with E-state index in [1.54, 1.807) is 10.8 Å². The van der Waals surface area contributed by atoms with Gasteiger partial charge in [0.25, 0.3) is 0 Å². The van der Waals surface area contributed by atoms with Crippen molar-refractivity contribution in [1.29, 1.82) is 0 Å². The van der Waals surface area contributed by atoms with E-state index in [9.17, 15) is 0 Å². The molecule has 3 aliphatic rings. The van der Waals surface area contributed by atoms with Crippen molar-refractivity contribution in [2.24, 2.45) is 16.1 Å². The minimum Gasteiger partial charge on any atom is -0.158 e. The standard InChI is InChI=1S/C16H18N2/c1-2-7-14-11(4-1)5-3-6-12-9-16-13(8-15(12)14)10-17-18-16/h8-11H,1-7H2. The molecule has 1 unspecified atom stereocenters. The zero-order valence-corrected chi connectivity index (χ0v) is 10.7. The van der Waals surface area contributed by atoms with Crippen molar-refractivity contribution in [3.05, 3.63) is 33.8 Å². The maximum atomic E-state index is 4.20. The van der Waals surface area contributed by atoms with Gasteiger partial charge in [-0.25, -0.2) is 0 Å². The van der Waals surface area contributed by atoms with Crippen molar-refractivity contribution in [1.82, 2.24) is 0 Å². The van der Waals surface area contributed by atoms with Crippen LogP contribution in [0, 0.1) is 5.92 Å². The number of fused-ring (bicyclic) bond motifs is 3. The van der Waals surface area contributed by atoms with Crippen LogP contribution in [-0.4, -0.2) is 6.21 Å². The van der Waals surface area contributed by atoms with Gasteiger partial charge >= 0.3 is 0 Å². The van der Waals surface area contributed by atoms with Gasteiger partial charge in [-0.2, -0.15) is 10.2 Å². The molecule has 0 radical (unpaired) electrons. The molecule has 2 nitrogen and oxygen atoms in total. The Morgan fingerprint density at radius 3 is 2.94 bits per heavy atom. The molecule has 92 valence electrons. The molecule has 0 N–H and O–H groups in total. The molecular weight excluding hydrogens is 220 g/mol. The topological polar surface area (TPSA) is 24.7 Å². The van der Waals surface area contributed by atoms with Crippen molar-refractivity contribution >= 4 is 11.8 Å². The largest absolute Gasteiger partial charge is 0.158 e. The SMILES string of the molecule is C1=NN=c2cc3c(cc21)=C1CCCCC1CCC3. The molecule has 1 aromatic carbocycles. The second-order valence-electron chi connectivity index (χ2n) is 5.77. The zero-order chi connectivity index (χ0) is 11.9. The van der Waals surface area contributed by atoms with E-state index in [0.29, 0.717) is 0 Å². The summed E-state index contributed by atoms with van der Waals surface area (Å²) in [5.41, 5.74) is 4.46. The van der Waals surface area contributed by atoms with Crippen LogP contribution in [0.5, 0.6) is 0 Å². The van der Waals surface area contributed by atoms with Crippen LogP contribution in [0.25, 0.3) is 5.57 Å². The lowest BCUT2D eigenvalue weighted by Gasteiger charge is -2.24. The van der Waals surface area contributed by atoms with E-state index < -0.39 is 0 Å². The third kappa shape index (κ3) is 1.55. The molecule has 4 rings (SSSR count). The lowest BCUT2D eigenvalue weighted by atomic mass is 9.81. The summed E-state index contributed by atoms with van der Waals surface area (Å²) < 4.78 is 0. The maximum absolute atomic E-state index is 4.20. The smallest absolute Gasteiger partial charge is 0.0948 e. The predicted molar refractivity (Wildman–Crippen MR) is 73.1 cm³/mol. The second kappa shape index (κ2) is 4.04. The summed E-state index contributed by atoms with van der Waals surface area (Å²) in [5.74, 6) is 0.855. The zero-order valence-electron chi connectivity index (χ0n) is 10.7. The van der Waals surface area contributed by atoms with Gasteiger partial charge in [0, 0.05) is 5.56 Å². The van der Waals surface area contributed by atoms with Crippen molar-refractivity contribution in [3.8, 4) is 0 Å². The van der Waals surface area contributed by atoms with Crippen molar-refractivity contribution in [2.45, 2.75) is 44.9 Å². The van der Waals surface area contributed by atoms with E-state index >= 15 is 0 Å². The molecule has 18 heavy (non-hydrogen) atoms. The Morgan fingerprint density at radius 1 is 1.00 bits per heavy atom. The number of nitrogens with zero attached hydrogens (tertiary/aromatic N) is 2. The predicted octanol–water partition coefficient (Wildman–Crippen LogP) is 2.33. The fraction of sp³-hybridized carbons (Fsp3) is 0.500. The lowest BCUT2D eigenvalue weighted by molar-refractivity contribution is 0.467. The Labute approximate surface area is 107 Å². The quantitative estimate of drug-likeness (QED) is 0.663. The van der Waals surface area contributed by atoms with Gasteiger partial charge in [-0.3, -0.25) is 0 Å². The van der Waals surface area contributed by atoms with Gasteiger partial charge in [-0.1, -0.05) is 12.0 Å². The maximum Gasteiger partial charge on any atom is 0.0948 e. The van der Waals surface area contributed by atoms with E-state index in [0.717, 1.165) is 11.3 Å². The Kier molecular flexibility index (Phi) is 2.35. The molecule has 0 spiro atoms. The first-order chi connectivity index (χ1) is 8.92. The van der Waals surface area contributed by atoms with Crippen molar-refractivity contribution < 1.29 is 0 Å². The lowest BCUT2D eigenvalue weighted by Crippen LogP contribution is -2.22. The van der Waals surface area contributed by atoms with E-state index in [2.05, 4.69) is 22.3 Å². The molecule has 1 heterocycles. The summed E-state index contributed by atoms with van der Waals surface area (Å²) in [4.78, 5) is 0. The van der Waals surface area contributed by atoms with Crippen molar-refractivity contribution in [2.75, 3.05) is 0 Å². The van der Waals surface area contributed by atoms with Gasteiger partial charge in [0.05, 0.1) is 11.6 Å². The minimum absolute atomic E-state index is 0.855. The first-order valence-corrected chi connectivity index (χ1v) is 7.19. The monoisotopic (exact) mass is 238 g/mol. The Hall–Kier alpha value is -1.44. The molecular formula is C16H18N2. The summed E-state index contributed by atoms with van der Waals surface area (Å²) >= 11 is 0. The fourth-order valence-electron chi connectivity index (χ4n) is 3.79. The van der Waals surface area contributed by atoms with Crippen molar-refractivity contribution in [3.63, 3.8) is 0 Å². The second-order valence-corrected chi connectivity index (χ2v) is 5.77. The molecule has 1 saturated carbocycles. The third-order valence-corrected chi connectivity index (χ3v) is 4.70. The Morgan fingerprint density at radius 2 is 1.94 bits per heavy atom. The molecule has 0 amide bonds. The minimum atomic E-state index is 0.855. The van der Waals surface area contributed by atoms with Crippen LogP contribution in [0.3, 0.4) is 0 Å². The Bertz CT molecular complexity index is 640. The van der Waals surface area contributed by atoms with Gasteiger partial charge in [0.2, 0.25) is 0 Å². The van der Waals surface area contributed by atoms with Crippen LogP contribution in [0.2, 0.25) is 0 Å². The molecule has 1 atom stereocenters. The van der Waals surface area contributed by atoms with E-state index in [1.807, 2.05) is 6.21 Å². The highest BCUT2D eigenvalue weighted by Gasteiger charge is 2.22. The highest BCUT2D eigenvalue weighted by Crippen LogP contribution is 2.34. The summed E-state index contributed by atoms with van der Waals surface area (Å²) in [6, 6.07) is 4.63. The summed E-state index contributed by atoms with van der Waals surface area (Å²) in [6.07, 6.45) is 11.4. The van der Waals surface area contributed by atoms with E-state index in [1.165, 1.54) is 56.1 Å². The van der Waals surface area contributed by atoms with Crippen LogP contribution < -0.4 is 10.6 Å². The number of hydrogen-bond donors (Lipinski definition) is 0. The molecule has 0 bridgehead atoms. The molecule has 2 aliphatic carbocycles. The fourth-order valence-corrected chi connectivity index (χ4v) is 3.79. The van der Waals surface area contributed by atoms with Gasteiger partial charge in [-0.05, 0) is 67.4 Å². The molecule has 1 fully saturated rings. The average molecular weight is 238 g/mol. The number of rotatable bonds is 0. The first-order valence-electron chi connectivity index (χ1n) is 7.19. The van der Waals surface area contributed by atoms with E-state index in [4.69, 9.17) is 0 Å². The van der Waals surface area contributed by atoms with Gasteiger partial charge in [-0.15, -0.1) is 0 Å². The van der Waals surface area contributed by atoms with Crippen LogP contribution in [0.4, 0.5) is 0 Å². The van der Waals surface area contributed by atoms with Crippen LogP contribution in [0.1, 0.15) is 49.7 Å². The van der Waals surface area contributed by atoms with Crippen LogP contribution >= 0.6 is 0 Å². The first kappa shape index (κ1) is 10.5. The highest BCUT2D eigenvalue weighted by molar-refractivity contribution is 5.81. The normalized spacial score (nSPS) is 24.9. The number of hydrogen-bond acceptors (Lipinski definition) is 2. The average Bonchev–Trinajstić information content (AvgIpc) is 2.78. The molecule has 1 aromatic rings. The van der Waals surface area contributed by atoms with Crippen LogP contribution in [0.15, 0.2) is 22.3 Å². The van der Waals surface area contributed by atoms with Crippen LogP contribution in [-0.2, 0) is 6.42 Å². The Balaban J connectivity index is 2.00. The molecule has 1 aliphatic heterocycles. The third-order valence-electron chi connectivity index (χ3n) is 4.70. The molecule has 0 aromatic heterocycles. The van der Waals surface area contributed by atoms with Gasteiger partial charge < -0.3 is 0 Å². The van der Waals surface area contributed by atoms with Gasteiger partial charge in [0.15, 0.2) is 0 Å². The van der Waals surface area contributed by atoms with Gasteiger partial charge in [0.1, 0.15) is 0 Å².